The average molecular weight is 271 g/mol. The fraction of sp³-hybridized carbons (Fsp3) is 1.00. The van der Waals surface area contributed by atoms with E-state index in [0.717, 1.165) is 52.1 Å². The van der Waals surface area contributed by atoms with Crippen LogP contribution in [0, 0.1) is 0 Å². The molecule has 1 aliphatic rings. The molecule has 1 saturated heterocycles. The zero-order chi connectivity index (χ0) is 14.1. The molecular weight excluding hydrogens is 238 g/mol. The minimum absolute atomic E-state index is 0.0304. The Bertz CT molecular complexity index is 223. The Morgan fingerprint density at radius 3 is 2.26 bits per heavy atom. The van der Waals surface area contributed by atoms with Crippen molar-refractivity contribution in [3.8, 4) is 0 Å². The van der Waals surface area contributed by atoms with E-state index in [2.05, 4.69) is 35.9 Å². The molecule has 0 radical (unpaired) electrons. The first-order valence-electron chi connectivity index (χ1n) is 8.00. The Morgan fingerprint density at radius 1 is 1.16 bits per heavy atom. The Kier molecular flexibility index (Phi) is 7.91. The van der Waals surface area contributed by atoms with Crippen LogP contribution in [0.5, 0.6) is 0 Å². The van der Waals surface area contributed by atoms with Gasteiger partial charge in [0.2, 0.25) is 0 Å². The largest absolute Gasteiger partial charge is 0.394 e. The van der Waals surface area contributed by atoms with Gasteiger partial charge in [0.05, 0.1) is 6.61 Å². The van der Waals surface area contributed by atoms with Gasteiger partial charge in [0.25, 0.3) is 0 Å². The summed E-state index contributed by atoms with van der Waals surface area (Å²) in [4.78, 5) is 4.93. The molecule has 0 aliphatic carbocycles. The Labute approximate surface area is 119 Å². The smallest absolute Gasteiger partial charge is 0.0614 e. The summed E-state index contributed by atoms with van der Waals surface area (Å²) in [6.45, 7) is 14.6. The van der Waals surface area contributed by atoms with Crippen molar-refractivity contribution < 1.29 is 5.11 Å². The van der Waals surface area contributed by atoms with Crippen LogP contribution in [0.1, 0.15) is 40.0 Å². The van der Waals surface area contributed by atoms with Crippen LogP contribution in [0.25, 0.3) is 0 Å². The van der Waals surface area contributed by atoms with Crippen molar-refractivity contribution in [1.29, 1.82) is 0 Å². The molecule has 1 fully saturated rings. The first-order valence-corrected chi connectivity index (χ1v) is 8.00. The molecule has 1 rings (SSSR count). The van der Waals surface area contributed by atoms with Gasteiger partial charge in [-0.05, 0) is 52.0 Å². The van der Waals surface area contributed by atoms with Gasteiger partial charge in [-0.2, -0.15) is 0 Å². The number of piperidine rings is 1. The summed E-state index contributed by atoms with van der Waals surface area (Å²) < 4.78 is 0. The first-order chi connectivity index (χ1) is 9.19. The number of hydrogen-bond donors (Lipinski definition) is 2. The third-order valence-electron chi connectivity index (χ3n) is 4.48. The summed E-state index contributed by atoms with van der Waals surface area (Å²) in [5.41, 5.74) is -0.0304. The molecule has 0 spiro atoms. The minimum Gasteiger partial charge on any atom is -0.394 e. The lowest BCUT2D eigenvalue weighted by atomic mass is 9.88. The van der Waals surface area contributed by atoms with E-state index in [1.807, 2.05) is 0 Å². The van der Waals surface area contributed by atoms with Crippen LogP contribution in [-0.4, -0.2) is 72.9 Å². The zero-order valence-electron chi connectivity index (χ0n) is 13.1. The van der Waals surface area contributed by atoms with E-state index in [-0.39, 0.29) is 12.1 Å². The van der Waals surface area contributed by atoms with Crippen molar-refractivity contribution in [2.24, 2.45) is 0 Å². The van der Waals surface area contributed by atoms with Crippen molar-refractivity contribution in [1.82, 2.24) is 15.1 Å². The monoisotopic (exact) mass is 271 g/mol. The van der Waals surface area contributed by atoms with Gasteiger partial charge in [0.15, 0.2) is 0 Å². The molecule has 2 N–H and O–H groups in total. The van der Waals surface area contributed by atoms with E-state index < -0.39 is 0 Å². The van der Waals surface area contributed by atoms with Gasteiger partial charge in [-0.3, -0.25) is 0 Å². The molecule has 0 aromatic carbocycles. The highest BCUT2D eigenvalue weighted by Gasteiger charge is 2.33. The lowest BCUT2D eigenvalue weighted by molar-refractivity contribution is 0.0766. The Balaban J connectivity index is 2.32. The van der Waals surface area contributed by atoms with Crippen LogP contribution < -0.4 is 5.32 Å². The topological polar surface area (TPSA) is 38.7 Å². The van der Waals surface area contributed by atoms with E-state index in [1.54, 1.807) is 0 Å². The van der Waals surface area contributed by atoms with Crippen LogP contribution in [0.4, 0.5) is 0 Å². The highest BCUT2D eigenvalue weighted by molar-refractivity contribution is 4.93. The third-order valence-corrected chi connectivity index (χ3v) is 4.48. The van der Waals surface area contributed by atoms with Crippen LogP contribution >= 0.6 is 0 Å². The van der Waals surface area contributed by atoms with Crippen molar-refractivity contribution in [3.05, 3.63) is 0 Å². The van der Waals surface area contributed by atoms with Crippen molar-refractivity contribution in [3.63, 3.8) is 0 Å². The predicted molar refractivity (Wildman–Crippen MR) is 81.6 cm³/mol. The van der Waals surface area contributed by atoms with Crippen LogP contribution in [-0.2, 0) is 0 Å². The van der Waals surface area contributed by atoms with Crippen molar-refractivity contribution in [2.45, 2.75) is 45.6 Å². The van der Waals surface area contributed by atoms with E-state index in [9.17, 15) is 5.11 Å². The van der Waals surface area contributed by atoms with E-state index in [0.29, 0.717) is 0 Å². The first kappa shape index (κ1) is 16.9. The standard InChI is InChI=1S/C15H33N3O/c1-4-10-18-11-7-15(14-19,8-12-18)16-9-13-17(5-2)6-3/h16,19H,4-14H2,1-3H3. The minimum atomic E-state index is -0.0304. The fourth-order valence-electron chi connectivity index (χ4n) is 2.93. The van der Waals surface area contributed by atoms with Gasteiger partial charge in [-0.25, -0.2) is 0 Å². The second-order valence-electron chi connectivity index (χ2n) is 5.73. The Hall–Kier alpha value is -0.160. The number of rotatable bonds is 9. The highest BCUT2D eigenvalue weighted by atomic mass is 16.3. The summed E-state index contributed by atoms with van der Waals surface area (Å²) in [7, 11) is 0. The van der Waals surface area contributed by atoms with Gasteiger partial charge < -0.3 is 20.2 Å². The molecule has 0 amide bonds. The maximum Gasteiger partial charge on any atom is 0.0614 e. The number of hydrogen-bond acceptors (Lipinski definition) is 4. The van der Waals surface area contributed by atoms with Gasteiger partial charge in [-0.1, -0.05) is 20.8 Å². The molecule has 1 aliphatic heterocycles. The molecule has 4 nitrogen and oxygen atoms in total. The number of likely N-dealkylation sites (tertiary alicyclic amines) is 1. The summed E-state index contributed by atoms with van der Waals surface area (Å²) in [5.74, 6) is 0. The predicted octanol–water partition coefficient (Wildman–Crippen LogP) is 1.15. The van der Waals surface area contributed by atoms with Crippen LogP contribution in [0.2, 0.25) is 0 Å². The molecule has 0 bridgehead atoms. The van der Waals surface area contributed by atoms with Gasteiger partial charge in [0, 0.05) is 18.6 Å². The van der Waals surface area contributed by atoms with Crippen LogP contribution in [0.3, 0.4) is 0 Å². The molecule has 0 aromatic rings. The van der Waals surface area contributed by atoms with Gasteiger partial charge in [0.1, 0.15) is 0 Å². The fourth-order valence-corrected chi connectivity index (χ4v) is 2.93. The number of nitrogens with zero attached hydrogens (tertiary/aromatic N) is 2. The van der Waals surface area contributed by atoms with E-state index in [1.165, 1.54) is 13.0 Å². The highest BCUT2D eigenvalue weighted by Crippen LogP contribution is 2.21. The van der Waals surface area contributed by atoms with Crippen molar-refractivity contribution >= 4 is 0 Å². The SMILES string of the molecule is CCCN1CCC(CO)(NCCN(CC)CC)CC1. The molecule has 19 heavy (non-hydrogen) atoms. The Morgan fingerprint density at radius 2 is 1.79 bits per heavy atom. The second-order valence-corrected chi connectivity index (χ2v) is 5.73. The van der Waals surface area contributed by atoms with Crippen molar-refractivity contribution in [2.75, 3.05) is 52.4 Å². The quantitative estimate of drug-likeness (QED) is 0.660. The molecular formula is C15H33N3O. The van der Waals surface area contributed by atoms with Crippen LogP contribution in [0.15, 0.2) is 0 Å². The summed E-state index contributed by atoms with van der Waals surface area (Å²) in [5, 5.41) is 13.4. The molecule has 4 heteroatoms. The second kappa shape index (κ2) is 8.90. The third kappa shape index (κ3) is 5.38. The molecule has 1 heterocycles. The summed E-state index contributed by atoms with van der Waals surface area (Å²) >= 11 is 0. The lowest BCUT2D eigenvalue weighted by Gasteiger charge is -2.41. The average Bonchev–Trinajstić information content (AvgIpc) is 2.46. The van der Waals surface area contributed by atoms with E-state index in [4.69, 9.17) is 0 Å². The normalized spacial score (nSPS) is 20.1. The lowest BCUT2D eigenvalue weighted by Crippen LogP contribution is -2.57. The van der Waals surface area contributed by atoms with Gasteiger partial charge >= 0.3 is 0 Å². The van der Waals surface area contributed by atoms with Gasteiger partial charge in [-0.15, -0.1) is 0 Å². The number of aliphatic hydroxyl groups excluding tert-OH is 1. The molecule has 0 aromatic heterocycles. The number of aliphatic hydroxyl groups is 1. The maximum absolute atomic E-state index is 9.74. The maximum atomic E-state index is 9.74. The van der Waals surface area contributed by atoms with E-state index >= 15 is 0 Å². The molecule has 114 valence electrons. The molecule has 0 atom stereocenters. The summed E-state index contributed by atoms with van der Waals surface area (Å²) in [6, 6.07) is 0. The number of likely N-dealkylation sites (N-methyl/N-ethyl adjacent to an activating group) is 1. The molecule has 0 unspecified atom stereocenters. The zero-order valence-corrected chi connectivity index (χ0v) is 13.1. The number of nitrogens with one attached hydrogen (secondary N) is 1. The summed E-state index contributed by atoms with van der Waals surface area (Å²) in [6.07, 6.45) is 3.37. The molecule has 0 saturated carbocycles.